The van der Waals surface area contributed by atoms with E-state index in [4.69, 9.17) is 0 Å². The third-order valence-electron chi connectivity index (χ3n) is 3.54. The summed E-state index contributed by atoms with van der Waals surface area (Å²) in [7, 11) is 1.75. The molecule has 0 fully saturated rings. The van der Waals surface area contributed by atoms with Crippen molar-refractivity contribution in [2.24, 2.45) is 0 Å². The number of nitrogens with one attached hydrogen (secondary N) is 1. The molecule has 1 rings (SSSR count). The van der Waals surface area contributed by atoms with Gasteiger partial charge in [0.15, 0.2) is 0 Å². The zero-order chi connectivity index (χ0) is 15.8. The van der Waals surface area contributed by atoms with E-state index < -0.39 is 6.43 Å². The van der Waals surface area contributed by atoms with Crippen LogP contribution >= 0.6 is 0 Å². The monoisotopic (exact) mass is 298 g/mol. The lowest BCUT2D eigenvalue weighted by Gasteiger charge is -2.23. The molecule has 4 heteroatoms. The van der Waals surface area contributed by atoms with E-state index in [0.29, 0.717) is 6.54 Å². The molecule has 1 unspecified atom stereocenters. The van der Waals surface area contributed by atoms with E-state index in [1.807, 2.05) is 0 Å². The van der Waals surface area contributed by atoms with Crippen molar-refractivity contribution in [2.75, 3.05) is 26.7 Å². The normalized spacial score (nSPS) is 13.1. The van der Waals surface area contributed by atoms with Gasteiger partial charge in [-0.25, -0.2) is 8.78 Å². The summed E-state index contributed by atoms with van der Waals surface area (Å²) in [5.74, 6) is 0. The highest BCUT2D eigenvalue weighted by Gasteiger charge is 2.14. The van der Waals surface area contributed by atoms with E-state index in [1.54, 1.807) is 11.9 Å². The smallest absolute Gasteiger partial charge is 0.251 e. The van der Waals surface area contributed by atoms with E-state index in [9.17, 15) is 8.78 Å². The summed E-state index contributed by atoms with van der Waals surface area (Å²) < 4.78 is 24.8. The van der Waals surface area contributed by atoms with Gasteiger partial charge in [0, 0.05) is 6.04 Å². The molecule has 0 saturated carbocycles. The molecular formula is C17H28F2N2. The zero-order valence-electron chi connectivity index (χ0n) is 13.6. The fraction of sp³-hybridized carbons (Fsp3) is 0.647. The fourth-order valence-corrected chi connectivity index (χ4v) is 2.59. The second-order valence-electron chi connectivity index (χ2n) is 5.87. The van der Waals surface area contributed by atoms with Crippen molar-refractivity contribution in [3.8, 4) is 0 Å². The molecule has 0 aliphatic carbocycles. The van der Waals surface area contributed by atoms with Gasteiger partial charge in [0.1, 0.15) is 0 Å². The maximum Gasteiger partial charge on any atom is 0.251 e. The molecule has 21 heavy (non-hydrogen) atoms. The molecule has 0 radical (unpaired) electrons. The minimum atomic E-state index is -2.27. The topological polar surface area (TPSA) is 15.3 Å². The number of hydrogen-bond acceptors (Lipinski definition) is 2. The first kappa shape index (κ1) is 18.1. The van der Waals surface area contributed by atoms with E-state index in [1.165, 1.54) is 16.7 Å². The molecule has 1 atom stereocenters. The Kier molecular flexibility index (Phi) is 7.83. The van der Waals surface area contributed by atoms with Crippen molar-refractivity contribution in [3.63, 3.8) is 0 Å². The van der Waals surface area contributed by atoms with Gasteiger partial charge in [-0.05, 0) is 52.4 Å². The Morgan fingerprint density at radius 3 is 2.29 bits per heavy atom. The second-order valence-corrected chi connectivity index (χ2v) is 5.87. The zero-order valence-corrected chi connectivity index (χ0v) is 13.6. The van der Waals surface area contributed by atoms with Crippen LogP contribution in [0.4, 0.5) is 8.78 Å². The third kappa shape index (κ3) is 7.00. The van der Waals surface area contributed by atoms with Gasteiger partial charge in [-0.3, -0.25) is 0 Å². The molecule has 120 valence electrons. The largest absolute Gasteiger partial charge is 0.310 e. The Morgan fingerprint density at radius 1 is 1.14 bits per heavy atom. The first-order valence-electron chi connectivity index (χ1n) is 7.70. The van der Waals surface area contributed by atoms with Crippen LogP contribution in [-0.2, 0) is 0 Å². The lowest BCUT2D eigenvalue weighted by atomic mass is 9.98. The lowest BCUT2D eigenvalue weighted by molar-refractivity contribution is 0.0984. The van der Waals surface area contributed by atoms with E-state index in [0.717, 1.165) is 19.4 Å². The van der Waals surface area contributed by atoms with Gasteiger partial charge in [0.25, 0.3) is 6.43 Å². The van der Waals surface area contributed by atoms with Crippen LogP contribution in [0.3, 0.4) is 0 Å². The molecule has 0 aromatic heterocycles. The highest BCUT2D eigenvalue weighted by atomic mass is 19.3. The average molecular weight is 298 g/mol. The van der Waals surface area contributed by atoms with Gasteiger partial charge in [-0.1, -0.05) is 36.2 Å². The molecule has 0 amide bonds. The summed E-state index contributed by atoms with van der Waals surface area (Å²) in [5.41, 5.74) is 3.75. The number of rotatable bonds is 9. The van der Waals surface area contributed by atoms with Crippen LogP contribution in [0.15, 0.2) is 18.2 Å². The minimum absolute atomic E-state index is 0.159. The van der Waals surface area contributed by atoms with Gasteiger partial charge in [0.05, 0.1) is 6.54 Å². The van der Waals surface area contributed by atoms with Crippen LogP contribution < -0.4 is 5.32 Å². The maximum atomic E-state index is 12.4. The number of hydrogen-bond donors (Lipinski definition) is 1. The number of aryl methyl sites for hydroxylation is 2. The van der Waals surface area contributed by atoms with Crippen LogP contribution in [0, 0.1) is 13.8 Å². The van der Waals surface area contributed by atoms with Crippen molar-refractivity contribution in [2.45, 2.75) is 46.1 Å². The Bertz CT molecular complexity index is 401. The predicted octanol–water partition coefficient (Wildman–Crippen LogP) is 3.93. The van der Waals surface area contributed by atoms with Gasteiger partial charge >= 0.3 is 0 Å². The molecule has 1 aromatic rings. The minimum Gasteiger partial charge on any atom is -0.310 e. The van der Waals surface area contributed by atoms with E-state index in [2.05, 4.69) is 44.3 Å². The highest BCUT2D eigenvalue weighted by Crippen LogP contribution is 2.20. The molecule has 0 aliphatic heterocycles. The number of halogens is 2. The fourth-order valence-electron chi connectivity index (χ4n) is 2.59. The number of alkyl halides is 2. The second kappa shape index (κ2) is 9.11. The van der Waals surface area contributed by atoms with Crippen molar-refractivity contribution in [1.82, 2.24) is 10.2 Å². The molecule has 0 bridgehead atoms. The molecular weight excluding hydrogens is 270 g/mol. The highest BCUT2D eigenvalue weighted by molar-refractivity contribution is 5.30. The summed E-state index contributed by atoms with van der Waals surface area (Å²) in [4.78, 5) is 1.70. The molecule has 0 saturated heterocycles. The molecule has 0 aliphatic rings. The Balaban J connectivity index is 2.70. The van der Waals surface area contributed by atoms with Crippen molar-refractivity contribution in [1.29, 1.82) is 0 Å². The van der Waals surface area contributed by atoms with Gasteiger partial charge in [-0.2, -0.15) is 0 Å². The van der Waals surface area contributed by atoms with Crippen LogP contribution in [-0.4, -0.2) is 38.0 Å². The maximum absolute atomic E-state index is 12.4. The van der Waals surface area contributed by atoms with Crippen LogP contribution in [0.2, 0.25) is 0 Å². The summed E-state index contributed by atoms with van der Waals surface area (Å²) in [6.45, 7) is 7.77. The Labute approximate surface area is 127 Å². The first-order chi connectivity index (χ1) is 9.92. The molecule has 1 N–H and O–H groups in total. The van der Waals surface area contributed by atoms with Crippen molar-refractivity contribution in [3.05, 3.63) is 34.9 Å². The standard InChI is InChI=1S/C17H28F2N2/c1-5-7-20-16(6-8-21(4)12-17(18)19)15-10-13(2)9-14(3)11-15/h9-11,16-17,20H,5-8,12H2,1-4H3. The molecule has 1 aromatic carbocycles. The summed E-state index contributed by atoms with van der Waals surface area (Å²) in [6, 6.07) is 6.76. The van der Waals surface area contributed by atoms with Crippen molar-refractivity contribution < 1.29 is 8.78 Å². The number of nitrogens with zero attached hydrogens (tertiary/aromatic N) is 1. The SMILES string of the molecule is CCCNC(CCN(C)CC(F)F)c1cc(C)cc(C)c1. The van der Waals surface area contributed by atoms with Crippen LogP contribution in [0.5, 0.6) is 0 Å². The van der Waals surface area contributed by atoms with Gasteiger partial charge < -0.3 is 10.2 Å². The Hall–Kier alpha value is -1.00. The van der Waals surface area contributed by atoms with Crippen LogP contribution in [0.1, 0.15) is 42.5 Å². The third-order valence-corrected chi connectivity index (χ3v) is 3.54. The first-order valence-corrected chi connectivity index (χ1v) is 7.70. The number of benzene rings is 1. The van der Waals surface area contributed by atoms with Gasteiger partial charge in [-0.15, -0.1) is 0 Å². The molecule has 2 nitrogen and oxygen atoms in total. The summed E-state index contributed by atoms with van der Waals surface area (Å²) >= 11 is 0. The summed E-state index contributed by atoms with van der Waals surface area (Å²) in [5, 5.41) is 3.53. The quantitative estimate of drug-likeness (QED) is 0.743. The van der Waals surface area contributed by atoms with Crippen molar-refractivity contribution >= 4 is 0 Å². The predicted molar refractivity (Wildman–Crippen MR) is 85.1 cm³/mol. The van der Waals surface area contributed by atoms with E-state index >= 15 is 0 Å². The van der Waals surface area contributed by atoms with Gasteiger partial charge in [0.2, 0.25) is 0 Å². The van der Waals surface area contributed by atoms with Crippen LogP contribution in [0.25, 0.3) is 0 Å². The molecule has 0 spiro atoms. The van der Waals surface area contributed by atoms with E-state index in [-0.39, 0.29) is 12.6 Å². The average Bonchev–Trinajstić information content (AvgIpc) is 2.36. The summed E-state index contributed by atoms with van der Waals surface area (Å²) in [6.07, 6.45) is -0.362. The lowest BCUT2D eigenvalue weighted by Crippen LogP contribution is -2.30. The Morgan fingerprint density at radius 2 is 1.76 bits per heavy atom. The molecule has 0 heterocycles.